The Morgan fingerprint density at radius 3 is 2.25 bits per heavy atom. The van der Waals surface area contributed by atoms with E-state index >= 15 is 0 Å². The number of hydrogen-bond acceptors (Lipinski definition) is 2. The van der Waals surface area contributed by atoms with Crippen LogP contribution in [0.5, 0.6) is 5.75 Å². The molecule has 2 N–H and O–H groups in total. The second-order valence-corrected chi connectivity index (χ2v) is 5.42. The maximum absolute atomic E-state index is 5.14. The topological polar surface area (TPSA) is 45.7 Å². The molecular formula is C15H26IN3O. The Morgan fingerprint density at radius 2 is 1.80 bits per heavy atom. The molecule has 0 aliphatic carbocycles. The summed E-state index contributed by atoms with van der Waals surface area (Å²) in [5.74, 6) is 1.71. The van der Waals surface area contributed by atoms with Crippen LogP contribution in [-0.4, -0.2) is 25.2 Å². The fourth-order valence-corrected chi connectivity index (χ4v) is 1.56. The van der Waals surface area contributed by atoms with E-state index < -0.39 is 0 Å². The van der Waals surface area contributed by atoms with E-state index in [1.807, 2.05) is 24.3 Å². The molecule has 1 aromatic carbocycles. The average Bonchev–Trinajstić information content (AvgIpc) is 2.35. The molecule has 0 radical (unpaired) electrons. The van der Waals surface area contributed by atoms with Gasteiger partial charge in [0.25, 0.3) is 0 Å². The first-order valence-corrected chi connectivity index (χ1v) is 6.64. The summed E-state index contributed by atoms with van der Waals surface area (Å²) < 4.78 is 5.14. The van der Waals surface area contributed by atoms with Crippen LogP contribution in [0.3, 0.4) is 0 Å². The molecule has 0 heterocycles. The van der Waals surface area contributed by atoms with E-state index in [2.05, 4.69) is 43.3 Å². The number of halogens is 1. The molecule has 0 unspecified atom stereocenters. The predicted octanol–water partition coefficient (Wildman–Crippen LogP) is 3.17. The smallest absolute Gasteiger partial charge is 0.191 e. The second-order valence-electron chi connectivity index (χ2n) is 5.42. The van der Waals surface area contributed by atoms with E-state index in [1.54, 1.807) is 7.11 Å². The van der Waals surface area contributed by atoms with Crippen molar-refractivity contribution in [3.63, 3.8) is 0 Å². The number of rotatable bonds is 4. The number of benzene rings is 1. The fourth-order valence-electron chi connectivity index (χ4n) is 1.56. The maximum Gasteiger partial charge on any atom is 0.191 e. The number of ether oxygens (including phenoxy) is 1. The average molecular weight is 391 g/mol. The monoisotopic (exact) mass is 391 g/mol. The van der Waals surface area contributed by atoms with E-state index in [1.165, 1.54) is 0 Å². The molecule has 0 fully saturated rings. The highest BCUT2D eigenvalue weighted by molar-refractivity contribution is 14.0. The Morgan fingerprint density at radius 1 is 1.20 bits per heavy atom. The first kappa shape index (κ1) is 19.0. The third kappa shape index (κ3) is 7.57. The lowest BCUT2D eigenvalue weighted by Crippen LogP contribution is -2.47. The number of aliphatic imine (C=N–C) groups is 1. The number of nitrogens with one attached hydrogen (secondary N) is 2. The van der Waals surface area contributed by atoms with Gasteiger partial charge >= 0.3 is 0 Å². The summed E-state index contributed by atoms with van der Waals surface area (Å²) in [6.45, 7) is 9.92. The van der Waals surface area contributed by atoms with E-state index in [9.17, 15) is 0 Å². The van der Waals surface area contributed by atoms with E-state index in [0.29, 0.717) is 6.54 Å². The van der Waals surface area contributed by atoms with Crippen LogP contribution < -0.4 is 15.4 Å². The zero-order valence-electron chi connectivity index (χ0n) is 13.0. The molecule has 0 atom stereocenters. The summed E-state index contributed by atoms with van der Waals surface area (Å²) >= 11 is 0. The van der Waals surface area contributed by atoms with E-state index in [-0.39, 0.29) is 29.5 Å². The van der Waals surface area contributed by atoms with Crippen molar-refractivity contribution in [3.8, 4) is 5.75 Å². The van der Waals surface area contributed by atoms with Gasteiger partial charge in [-0.1, -0.05) is 12.1 Å². The minimum atomic E-state index is 0. The Bertz CT molecular complexity index is 410. The van der Waals surface area contributed by atoms with Crippen LogP contribution in [0, 0.1) is 0 Å². The first-order chi connectivity index (χ1) is 8.94. The van der Waals surface area contributed by atoms with Gasteiger partial charge in [0, 0.05) is 12.1 Å². The number of hydrogen-bond donors (Lipinski definition) is 2. The lowest BCUT2D eigenvalue weighted by Gasteiger charge is -2.23. The van der Waals surface area contributed by atoms with Gasteiger partial charge in [-0.2, -0.15) is 0 Å². The van der Waals surface area contributed by atoms with Crippen molar-refractivity contribution in [1.82, 2.24) is 10.6 Å². The van der Waals surface area contributed by atoms with Crippen molar-refractivity contribution < 1.29 is 4.74 Å². The van der Waals surface area contributed by atoms with Crippen molar-refractivity contribution in [3.05, 3.63) is 29.8 Å². The van der Waals surface area contributed by atoms with Gasteiger partial charge in [0.2, 0.25) is 0 Å². The molecule has 0 aliphatic heterocycles. The largest absolute Gasteiger partial charge is 0.497 e. The predicted molar refractivity (Wildman–Crippen MR) is 96.1 cm³/mol. The molecule has 0 amide bonds. The minimum Gasteiger partial charge on any atom is -0.497 e. The maximum atomic E-state index is 5.14. The number of nitrogens with zero attached hydrogens (tertiary/aromatic N) is 1. The van der Waals surface area contributed by atoms with Crippen molar-refractivity contribution in [1.29, 1.82) is 0 Å². The molecule has 0 bridgehead atoms. The highest BCUT2D eigenvalue weighted by Crippen LogP contribution is 2.11. The molecule has 114 valence electrons. The highest BCUT2D eigenvalue weighted by Gasteiger charge is 2.11. The first-order valence-electron chi connectivity index (χ1n) is 6.64. The van der Waals surface area contributed by atoms with Gasteiger partial charge in [-0.3, -0.25) is 0 Å². The van der Waals surface area contributed by atoms with Crippen LogP contribution in [0.25, 0.3) is 0 Å². The third-order valence-electron chi connectivity index (χ3n) is 2.42. The van der Waals surface area contributed by atoms with Crippen LogP contribution in [0.1, 0.15) is 33.3 Å². The molecule has 1 rings (SSSR count). The summed E-state index contributed by atoms with van der Waals surface area (Å²) in [4.78, 5) is 4.58. The normalized spacial score (nSPS) is 11.6. The minimum absolute atomic E-state index is 0. The summed E-state index contributed by atoms with van der Waals surface area (Å²) in [6, 6.07) is 7.97. The second kappa shape index (κ2) is 9.05. The summed E-state index contributed by atoms with van der Waals surface area (Å²) in [6.07, 6.45) is 0. The lowest BCUT2D eigenvalue weighted by atomic mass is 10.1. The Hall–Kier alpha value is -0.980. The van der Waals surface area contributed by atoms with Gasteiger partial charge < -0.3 is 15.4 Å². The zero-order valence-corrected chi connectivity index (χ0v) is 15.3. The van der Waals surface area contributed by atoms with Crippen molar-refractivity contribution in [2.24, 2.45) is 4.99 Å². The lowest BCUT2D eigenvalue weighted by molar-refractivity contribution is 0.414. The van der Waals surface area contributed by atoms with E-state index in [4.69, 9.17) is 4.74 Å². The van der Waals surface area contributed by atoms with Crippen molar-refractivity contribution in [2.45, 2.75) is 39.8 Å². The number of methoxy groups -OCH3 is 1. The SMILES string of the molecule is CCNC(=NCc1ccc(OC)cc1)NC(C)(C)C.I. The van der Waals surface area contributed by atoms with Gasteiger partial charge in [-0.05, 0) is 45.4 Å². The summed E-state index contributed by atoms with van der Waals surface area (Å²) in [7, 11) is 1.67. The van der Waals surface area contributed by atoms with Gasteiger partial charge in [0.05, 0.1) is 13.7 Å². The Labute approximate surface area is 139 Å². The van der Waals surface area contributed by atoms with Crippen LogP contribution in [0.4, 0.5) is 0 Å². The summed E-state index contributed by atoms with van der Waals surface area (Å²) in [5, 5.41) is 6.61. The molecule has 0 aliphatic rings. The molecule has 1 aromatic rings. The van der Waals surface area contributed by atoms with Gasteiger partial charge in [-0.15, -0.1) is 24.0 Å². The Kier molecular flexibility index (Phi) is 8.60. The Balaban J connectivity index is 0.00000361. The standard InChI is InChI=1S/C15H25N3O.HI/c1-6-16-14(18-15(2,3)4)17-11-12-7-9-13(19-5)10-8-12;/h7-10H,6,11H2,1-5H3,(H2,16,17,18);1H. The fraction of sp³-hybridized carbons (Fsp3) is 0.533. The molecular weight excluding hydrogens is 365 g/mol. The molecule has 4 nitrogen and oxygen atoms in total. The molecule has 0 saturated carbocycles. The molecule has 0 spiro atoms. The van der Waals surface area contributed by atoms with Gasteiger partial charge in [0.15, 0.2) is 5.96 Å². The number of guanidine groups is 1. The highest BCUT2D eigenvalue weighted by atomic mass is 127. The molecule has 20 heavy (non-hydrogen) atoms. The van der Waals surface area contributed by atoms with Crippen molar-refractivity contribution >= 4 is 29.9 Å². The van der Waals surface area contributed by atoms with Crippen LogP contribution in [0.15, 0.2) is 29.3 Å². The summed E-state index contributed by atoms with van der Waals surface area (Å²) in [5.41, 5.74) is 1.16. The molecule has 0 saturated heterocycles. The van der Waals surface area contributed by atoms with Crippen LogP contribution >= 0.6 is 24.0 Å². The zero-order chi connectivity index (χ0) is 14.3. The molecule has 5 heteroatoms. The quantitative estimate of drug-likeness (QED) is 0.471. The van der Waals surface area contributed by atoms with Gasteiger partial charge in [-0.25, -0.2) is 4.99 Å². The third-order valence-corrected chi connectivity index (χ3v) is 2.42. The van der Waals surface area contributed by atoms with Crippen LogP contribution in [-0.2, 0) is 6.54 Å². The molecule has 0 aromatic heterocycles. The van der Waals surface area contributed by atoms with Crippen molar-refractivity contribution in [2.75, 3.05) is 13.7 Å². The van der Waals surface area contributed by atoms with E-state index in [0.717, 1.165) is 23.8 Å². The van der Waals surface area contributed by atoms with Crippen LogP contribution in [0.2, 0.25) is 0 Å². The van der Waals surface area contributed by atoms with Gasteiger partial charge in [0.1, 0.15) is 5.75 Å².